The minimum Gasteiger partial charge on any atom is -0.379 e. The van der Waals surface area contributed by atoms with Crippen LogP contribution in [0.1, 0.15) is 58.5 Å². The van der Waals surface area contributed by atoms with E-state index < -0.39 is 0 Å². The normalized spacial score (nSPS) is 20.4. The minimum atomic E-state index is -0.109. The van der Waals surface area contributed by atoms with Crippen LogP contribution in [0.25, 0.3) is 0 Å². The number of carbonyl (C=O) groups excluding carboxylic acids is 2. The van der Waals surface area contributed by atoms with Crippen LogP contribution >= 0.6 is 0 Å². The van der Waals surface area contributed by atoms with Gasteiger partial charge in [0, 0.05) is 48.7 Å². The molecule has 2 unspecified atom stereocenters. The van der Waals surface area contributed by atoms with Crippen molar-refractivity contribution >= 4 is 22.9 Å². The van der Waals surface area contributed by atoms with Crippen molar-refractivity contribution in [3.8, 4) is 0 Å². The number of nitrogens with one attached hydrogen (secondary N) is 2. The van der Waals surface area contributed by atoms with E-state index in [1.165, 1.54) is 0 Å². The Morgan fingerprint density at radius 2 is 1.08 bits per heavy atom. The molecule has 0 aromatic heterocycles. The lowest BCUT2D eigenvalue weighted by atomic mass is 9.82. The van der Waals surface area contributed by atoms with Crippen molar-refractivity contribution in [2.45, 2.75) is 39.0 Å². The van der Waals surface area contributed by atoms with Crippen LogP contribution in [-0.4, -0.2) is 86.3 Å². The van der Waals surface area contributed by atoms with E-state index in [1.807, 2.05) is 24.3 Å². The standard InChI is InChI=1S/C28H36N4O4/c1-3-23(31-11-15-35-16-12-31)29-21-9-10-22(30-24(4-2)32-13-17-36-18-14-32)26-25(21)27(33)19-7-5-6-8-20(19)28(26)34/h5-10,23-24,29-30H,3-4,11-18H2,1-2H3. The molecule has 192 valence electrons. The van der Waals surface area contributed by atoms with E-state index >= 15 is 0 Å². The molecule has 0 amide bonds. The first kappa shape index (κ1) is 24.9. The molecule has 2 N–H and O–H groups in total. The Balaban J connectivity index is 1.54. The molecule has 2 fully saturated rings. The van der Waals surface area contributed by atoms with E-state index in [9.17, 15) is 9.59 Å². The molecule has 0 radical (unpaired) electrons. The van der Waals surface area contributed by atoms with Gasteiger partial charge in [0.05, 0.1) is 49.9 Å². The van der Waals surface area contributed by atoms with Crippen LogP contribution < -0.4 is 10.6 Å². The summed E-state index contributed by atoms with van der Waals surface area (Å²) in [6.45, 7) is 10.4. The molecule has 5 rings (SSSR count). The smallest absolute Gasteiger partial charge is 0.196 e. The topological polar surface area (TPSA) is 83.1 Å². The Labute approximate surface area is 212 Å². The number of benzene rings is 2. The average Bonchev–Trinajstić information content (AvgIpc) is 2.94. The van der Waals surface area contributed by atoms with Gasteiger partial charge in [-0.3, -0.25) is 19.4 Å². The molecule has 0 saturated carbocycles. The molecule has 1 aliphatic carbocycles. The van der Waals surface area contributed by atoms with Gasteiger partial charge in [-0.2, -0.15) is 0 Å². The molecule has 8 heteroatoms. The number of rotatable bonds is 8. The number of morpholine rings is 2. The van der Waals surface area contributed by atoms with Crippen LogP contribution in [0, 0.1) is 0 Å². The summed E-state index contributed by atoms with van der Waals surface area (Å²) in [5.74, 6) is -0.217. The summed E-state index contributed by atoms with van der Waals surface area (Å²) >= 11 is 0. The van der Waals surface area contributed by atoms with E-state index in [0.717, 1.165) is 39.0 Å². The zero-order valence-electron chi connectivity index (χ0n) is 21.2. The van der Waals surface area contributed by atoms with Crippen LogP contribution in [0.5, 0.6) is 0 Å². The van der Waals surface area contributed by atoms with Gasteiger partial charge >= 0.3 is 0 Å². The van der Waals surface area contributed by atoms with Gasteiger partial charge in [-0.25, -0.2) is 0 Å². The maximum Gasteiger partial charge on any atom is 0.196 e. The van der Waals surface area contributed by atoms with E-state index in [0.29, 0.717) is 60.1 Å². The molecule has 2 saturated heterocycles. The molecule has 0 spiro atoms. The number of nitrogens with zero attached hydrogens (tertiary/aromatic N) is 2. The number of hydrogen-bond acceptors (Lipinski definition) is 8. The molecule has 2 atom stereocenters. The third-order valence-corrected chi connectivity index (χ3v) is 7.47. The summed E-state index contributed by atoms with van der Waals surface area (Å²) in [6.07, 6.45) is 1.83. The predicted octanol–water partition coefficient (Wildman–Crippen LogP) is 3.42. The van der Waals surface area contributed by atoms with Gasteiger partial charge in [-0.05, 0) is 25.0 Å². The summed E-state index contributed by atoms with van der Waals surface area (Å²) in [4.78, 5) is 32.4. The van der Waals surface area contributed by atoms with Crippen LogP contribution in [-0.2, 0) is 9.47 Å². The van der Waals surface area contributed by atoms with Crippen molar-refractivity contribution in [3.05, 3.63) is 58.7 Å². The SMILES string of the molecule is CCC(Nc1ccc(NC(CC)N2CCOCC2)c2c1C(=O)c1ccccc1C2=O)N1CCOCC1. The van der Waals surface area contributed by atoms with Crippen molar-refractivity contribution in [2.75, 3.05) is 63.2 Å². The highest BCUT2D eigenvalue weighted by atomic mass is 16.5. The number of ketones is 2. The zero-order valence-corrected chi connectivity index (χ0v) is 21.2. The Morgan fingerprint density at radius 1 is 0.694 bits per heavy atom. The Kier molecular flexibility index (Phi) is 7.67. The first-order valence-electron chi connectivity index (χ1n) is 13.1. The van der Waals surface area contributed by atoms with E-state index in [4.69, 9.17) is 9.47 Å². The number of fused-ring (bicyclic) bond motifs is 2. The van der Waals surface area contributed by atoms with Crippen molar-refractivity contribution in [2.24, 2.45) is 0 Å². The summed E-state index contributed by atoms with van der Waals surface area (Å²) < 4.78 is 11.1. The molecule has 8 nitrogen and oxygen atoms in total. The predicted molar refractivity (Wildman–Crippen MR) is 140 cm³/mol. The highest BCUT2D eigenvalue weighted by Gasteiger charge is 2.35. The zero-order chi connectivity index (χ0) is 25.1. The Morgan fingerprint density at radius 3 is 1.44 bits per heavy atom. The highest BCUT2D eigenvalue weighted by molar-refractivity contribution is 6.31. The Bertz CT molecular complexity index is 1020. The second kappa shape index (κ2) is 11.1. The lowest BCUT2D eigenvalue weighted by Crippen LogP contribution is -2.47. The van der Waals surface area contributed by atoms with Gasteiger partial charge < -0.3 is 20.1 Å². The molecular weight excluding hydrogens is 456 g/mol. The molecule has 2 heterocycles. The van der Waals surface area contributed by atoms with Crippen LogP contribution in [0.2, 0.25) is 0 Å². The number of ether oxygens (including phenoxy) is 2. The summed E-state index contributed by atoms with van der Waals surface area (Å²) in [7, 11) is 0. The summed E-state index contributed by atoms with van der Waals surface area (Å²) in [6, 6.07) is 11.1. The lowest BCUT2D eigenvalue weighted by Gasteiger charge is -2.37. The van der Waals surface area contributed by atoms with Crippen LogP contribution in [0.15, 0.2) is 36.4 Å². The molecule has 36 heavy (non-hydrogen) atoms. The van der Waals surface area contributed by atoms with Gasteiger partial charge in [0.25, 0.3) is 0 Å². The first-order chi connectivity index (χ1) is 17.6. The first-order valence-corrected chi connectivity index (χ1v) is 13.1. The van der Waals surface area contributed by atoms with Gasteiger partial charge in [-0.1, -0.05) is 38.1 Å². The van der Waals surface area contributed by atoms with Gasteiger partial charge in [0.2, 0.25) is 0 Å². The van der Waals surface area contributed by atoms with E-state index in [-0.39, 0.29) is 23.9 Å². The molecule has 2 aliphatic heterocycles. The number of carbonyl (C=O) groups is 2. The molecule has 3 aliphatic rings. The molecular formula is C28H36N4O4. The lowest BCUT2D eigenvalue weighted by molar-refractivity contribution is 0.0213. The Hall–Kier alpha value is -2.78. The average molecular weight is 493 g/mol. The highest BCUT2D eigenvalue weighted by Crippen LogP contribution is 2.37. The quantitative estimate of drug-likeness (QED) is 0.495. The second-order valence-corrected chi connectivity index (χ2v) is 9.55. The van der Waals surface area contributed by atoms with Gasteiger partial charge in [0.1, 0.15) is 0 Å². The van der Waals surface area contributed by atoms with Crippen molar-refractivity contribution < 1.29 is 19.1 Å². The fraction of sp³-hybridized carbons (Fsp3) is 0.500. The summed E-state index contributed by atoms with van der Waals surface area (Å²) in [5.41, 5.74) is 3.28. The number of hydrogen-bond donors (Lipinski definition) is 2. The molecule has 2 aromatic carbocycles. The summed E-state index contributed by atoms with van der Waals surface area (Å²) in [5, 5.41) is 7.22. The number of anilines is 2. The van der Waals surface area contributed by atoms with Crippen LogP contribution in [0.4, 0.5) is 11.4 Å². The molecule has 0 bridgehead atoms. The monoisotopic (exact) mass is 492 g/mol. The minimum absolute atomic E-state index is 0.0496. The fourth-order valence-electron chi connectivity index (χ4n) is 5.50. The third kappa shape index (κ3) is 4.78. The maximum atomic E-state index is 13.8. The second-order valence-electron chi connectivity index (χ2n) is 9.55. The van der Waals surface area contributed by atoms with Crippen molar-refractivity contribution in [3.63, 3.8) is 0 Å². The maximum absolute atomic E-state index is 13.8. The van der Waals surface area contributed by atoms with Crippen molar-refractivity contribution in [1.82, 2.24) is 9.80 Å². The van der Waals surface area contributed by atoms with Gasteiger partial charge in [-0.15, -0.1) is 0 Å². The van der Waals surface area contributed by atoms with E-state index in [2.05, 4.69) is 34.3 Å². The molecule has 2 aromatic rings. The van der Waals surface area contributed by atoms with Crippen LogP contribution in [0.3, 0.4) is 0 Å². The third-order valence-electron chi connectivity index (χ3n) is 7.47. The van der Waals surface area contributed by atoms with Crippen molar-refractivity contribution in [1.29, 1.82) is 0 Å². The largest absolute Gasteiger partial charge is 0.379 e. The fourth-order valence-corrected chi connectivity index (χ4v) is 5.50. The van der Waals surface area contributed by atoms with E-state index in [1.54, 1.807) is 12.1 Å². The van der Waals surface area contributed by atoms with Gasteiger partial charge in [0.15, 0.2) is 11.6 Å².